The molecule has 1 N–H and O–H groups in total. The molecule has 0 unspecified atom stereocenters. The van der Waals surface area contributed by atoms with Crippen molar-refractivity contribution in [3.05, 3.63) is 24.3 Å². The number of benzene rings is 1. The van der Waals surface area contributed by atoms with Gasteiger partial charge in [0.15, 0.2) is 0 Å². The number of ether oxygens (including phenoxy) is 1. The third-order valence-electron chi connectivity index (χ3n) is 1.11. The molecule has 0 amide bonds. The van der Waals surface area contributed by atoms with Crippen molar-refractivity contribution in [3.63, 3.8) is 0 Å². The van der Waals surface area contributed by atoms with Gasteiger partial charge in [-0.1, -0.05) is 6.07 Å². The van der Waals surface area contributed by atoms with E-state index in [-0.39, 0.29) is 0 Å². The summed E-state index contributed by atoms with van der Waals surface area (Å²) in [6.07, 6.45) is 0. The van der Waals surface area contributed by atoms with Crippen LogP contribution in [-0.4, -0.2) is 13.7 Å². The second-order valence-electron chi connectivity index (χ2n) is 1.88. The Kier molecular flexibility index (Phi) is 3.03. The minimum atomic E-state index is -3.04. The van der Waals surface area contributed by atoms with Gasteiger partial charge in [-0.3, -0.25) is 0 Å². The predicted octanol–water partition coefficient (Wildman–Crippen LogP) is 0.795. The molecule has 6 heteroatoms. The SMILES string of the molecule is O=[SH](=O)OO.c1cc2cc(c1)O2. The van der Waals surface area contributed by atoms with E-state index in [1.165, 1.54) is 0 Å². The topological polar surface area (TPSA) is 72.8 Å². The molecule has 5 nitrogen and oxygen atoms in total. The van der Waals surface area contributed by atoms with Crippen molar-refractivity contribution >= 4 is 11.0 Å². The van der Waals surface area contributed by atoms with Crippen molar-refractivity contribution < 1.29 is 22.7 Å². The van der Waals surface area contributed by atoms with E-state index in [1.807, 2.05) is 24.3 Å². The third kappa shape index (κ3) is 2.50. The van der Waals surface area contributed by atoms with Crippen molar-refractivity contribution in [2.75, 3.05) is 0 Å². The first-order valence-electron chi connectivity index (χ1n) is 2.96. The Morgan fingerprint density at radius 3 is 1.83 bits per heavy atom. The minimum Gasteiger partial charge on any atom is -0.457 e. The maximum absolute atomic E-state index is 8.93. The summed E-state index contributed by atoms with van der Waals surface area (Å²) in [4.78, 5) is 0. The Bertz CT molecular complexity index is 300. The number of rotatable bonds is 1. The van der Waals surface area contributed by atoms with E-state index in [0.29, 0.717) is 0 Å². The molecule has 0 aromatic heterocycles. The Balaban J connectivity index is 0.000000130. The predicted molar refractivity (Wildman–Crippen MR) is 40.5 cm³/mol. The lowest BCUT2D eigenvalue weighted by Gasteiger charge is -2.13. The molecule has 2 heterocycles. The van der Waals surface area contributed by atoms with E-state index in [9.17, 15) is 0 Å². The summed E-state index contributed by atoms with van der Waals surface area (Å²) in [5, 5.41) is 7.05. The van der Waals surface area contributed by atoms with Crippen LogP contribution in [0.1, 0.15) is 0 Å². The fourth-order valence-electron chi connectivity index (χ4n) is 0.679. The first-order chi connectivity index (χ1) is 5.72. The maximum atomic E-state index is 8.93. The Morgan fingerprint density at radius 2 is 1.75 bits per heavy atom. The van der Waals surface area contributed by atoms with Crippen LogP contribution < -0.4 is 4.74 Å². The number of thiol groups is 1. The van der Waals surface area contributed by atoms with Gasteiger partial charge in [-0.05, 0) is 12.1 Å². The highest BCUT2D eigenvalue weighted by Gasteiger charge is 2.05. The van der Waals surface area contributed by atoms with Crippen molar-refractivity contribution in [2.45, 2.75) is 0 Å². The van der Waals surface area contributed by atoms with Crippen LogP contribution in [-0.2, 0) is 15.3 Å². The number of hydrogen-bond donors (Lipinski definition) is 2. The van der Waals surface area contributed by atoms with Crippen LogP contribution in [0.3, 0.4) is 0 Å². The quantitative estimate of drug-likeness (QED) is 0.395. The first-order valence-corrected chi connectivity index (χ1v) is 4.06. The zero-order valence-corrected chi connectivity index (χ0v) is 6.73. The van der Waals surface area contributed by atoms with E-state index >= 15 is 0 Å². The van der Waals surface area contributed by atoms with Gasteiger partial charge < -0.3 is 4.74 Å². The normalized spacial score (nSPS) is 10.8. The molecule has 0 saturated carbocycles. The standard InChI is InChI=1S/C6H4O.H2O4S/c1-2-5-4-6(3-1)7-5;1-4-5(2)3/h1-4H;1,5H. The molecule has 2 aliphatic heterocycles. The van der Waals surface area contributed by atoms with Crippen LogP contribution in [0.2, 0.25) is 0 Å². The van der Waals surface area contributed by atoms with Gasteiger partial charge in [0.2, 0.25) is 0 Å². The van der Waals surface area contributed by atoms with Crippen molar-refractivity contribution in [1.82, 2.24) is 0 Å². The van der Waals surface area contributed by atoms with Gasteiger partial charge in [0, 0.05) is 6.07 Å². The zero-order valence-electron chi connectivity index (χ0n) is 5.84. The lowest BCUT2D eigenvalue weighted by molar-refractivity contribution is -0.125. The summed E-state index contributed by atoms with van der Waals surface area (Å²) < 4.78 is 25.6. The fourth-order valence-corrected chi connectivity index (χ4v) is 0.679. The molecule has 0 radical (unpaired) electrons. The largest absolute Gasteiger partial charge is 0.457 e. The summed E-state index contributed by atoms with van der Waals surface area (Å²) in [6.45, 7) is 0. The Labute approximate surface area is 70.2 Å². The highest BCUT2D eigenvalue weighted by Crippen LogP contribution is 2.32. The molecule has 2 bridgehead atoms. The Morgan fingerprint density at radius 1 is 1.33 bits per heavy atom. The third-order valence-corrected chi connectivity index (χ3v) is 1.24. The average molecular weight is 190 g/mol. The maximum Gasteiger partial charge on any atom is 0.283 e. The molecule has 66 valence electrons. The zero-order chi connectivity index (χ0) is 8.97. The summed E-state index contributed by atoms with van der Waals surface area (Å²) in [6, 6.07) is 7.86. The van der Waals surface area contributed by atoms with Crippen LogP contribution in [0.25, 0.3) is 0 Å². The highest BCUT2D eigenvalue weighted by atomic mass is 32.2. The van der Waals surface area contributed by atoms with Crippen molar-refractivity contribution in [1.29, 1.82) is 0 Å². The second kappa shape index (κ2) is 4.05. The van der Waals surface area contributed by atoms with E-state index in [1.54, 1.807) is 0 Å². The van der Waals surface area contributed by atoms with E-state index in [4.69, 9.17) is 18.4 Å². The highest BCUT2D eigenvalue weighted by molar-refractivity contribution is 7.67. The molecule has 1 aromatic carbocycles. The van der Waals surface area contributed by atoms with Crippen molar-refractivity contribution in [2.24, 2.45) is 0 Å². The molecule has 1 aromatic rings. The molecule has 0 saturated heterocycles. The molecular weight excluding hydrogens is 184 g/mol. The average Bonchev–Trinajstić information content (AvgIpc) is 2.06. The lowest BCUT2D eigenvalue weighted by atomic mass is 10.2. The summed E-state index contributed by atoms with van der Waals surface area (Å²) in [7, 11) is -3.04. The molecule has 0 fully saturated rings. The van der Waals surface area contributed by atoms with Crippen LogP contribution in [0.5, 0.6) is 11.5 Å². The van der Waals surface area contributed by atoms with Gasteiger partial charge in [0.05, 0.1) is 0 Å². The van der Waals surface area contributed by atoms with Gasteiger partial charge in [0.1, 0.15) is 11.5 Å². The van der Waals surface area contributed by atoms with Crippen LogP contribution in [0, 0.1) is 0 Å². The minimum absolute atomic E-state index is 0.984. The van der Waals surface area contributed by atoms with Crippen LogP contribution in [0.15, 0.2) is 24.3 Å². The molecular formula is C6H6O5S. The molecule has 2 aliphatic rings. The van der Waals surface area contributed by atoms with Gasteiger partial charge in [-0.2, -0.15) is 0 Å². The second-order valence-corrected chi connectivity index (χ2v) is 2.49. The van der Waals surface area contributed by atoms with E-state index < -0.39 is 11.0 Å². The summed E-state index contributed by atoms with van der Waals surface area (Å²) in [5.74, 6) is 1.97. The first kappa shape index (κ1) is 8.98. The van der Waals surface area contributed by atoms with E-state index in [0.717, 1.165) is 11.5 Å². The van der Waals surface area contributed by atoms with Crippen LogP contribution in [0.4, 0.5) is 0 Å². The van der Waals surface area contributed by atoms with Gasteiger partial charge in [0.25, 0.3) is 11.0 Å². The lowest BCUT2D eigenvalue weighted by Crippen LogP contribution is -1.91. The fraction of sp³-hybridized carbons (Fsp3) is 0. The molecule has 0 spiro atoms. The van der Waals surface area contributed by atoms with Crippen molar-refractivity contribution in [3.8, 4) is 11.5 Å². The van der Waals surface area contributed by atoms with Gasteiger partial charge >= 0.3 is 0 Å². The van der Waals surface area contributed by atoms with E-state index in [2.05, 4.69) is 4.33 Å². The molecule has 0 atom stereocenters. The molecule has 12 heavy (non-hydrogen) atoms. The monoisotopic (exact) mass is 190 g/mol. The summed E-state index contributed by atoms with van der Waals surface area (Å²) in [5.41, 5.74) is 0. The van der Waals surface area contributed by atoms with Crippen LogP contribution >= 0.6 is 0 Å². The number of hydrogen-bond acceptors (Lipinski definition) is 5. The Hall–Kier alpha value is -1.11. The number of fused-ring (bicyclic) bond motifs is 2. The smallest absolute Gasteiger partial charge is 0.283 e. The van der Waals surface area contributed by atoms with Gasteiger partial charge in [-0.25, -0.2) is 13.7 Å². The molecule has 0 aliphatic carbocycles. The van der Waals surface area contributed by atoms with Gasteiger partial charge in [-0.15, -0.1) is 4.33 Å². The summed E-state index contributed by atoms with van der Waals surface area (Å²) >= 11 is 0. The molecule has 3 rings (SSSR count).